The molecule has 0 bridgehead atoms. The molecule has 1 saturated heterocycles. The highest BCUT2D eigenvalue weighted by atomic mass is 32.1. The van der Waals surface area contributed by atoms with Crippen LogP contribution in [0.2, 0.25) is 0 Å². The van der Waals surface area contributed by atoms with Gasteiger partial charge in [0.15, 0.2) is 0 Å². The predicted octanol–water partition coefficient (Wildman–Crippen LogP) is 3.68. The average molecular weight is 333 g/mol. The number of carbonyl (C=O) groups excluding carboxylic acids is 1. The second kappa shape index (κ2) is 6.83. The van der Waals surface area contributed by atoms with E-state index in [9.17, 15) is 4.79 Å². The second-order valence-electron chi connectivity index (χ2n) is 6.32. The number of rotatable bonds is 4. The zero-order chi connectivity index (χ0) is 16.4. The number of likely N-dealkylation sites (tertiary alicyclic amines) is 1. The van der Waals surface area contributed by atoms with Gasteiger partial charge in [-0.25, -0.2) is 4.98 Å². The molecular weight excluding hydrogens is 310 g/mol. The van der Waals surface area contributed by atoms with Gasteiger partial charge in [-0.05, 0) is 39.5 Å². The number of piperidine rings is 1. The van der Waals surface area contributed by atoms with Gasteiger partial charge < -0.3 is 9.42 Å². The lowest BCUT2D eigenvalue weighted by Crippen LogP contribution is -2.41. The first-order valence-electron chi connectivity index (χ1n) is 8.19. The molecule has 1 aliphatic heterocycles. The Labute approximate surface area is 140 Å². The highest BCUT2D eigenvalue weighted by molar-refractivity contribution is 7.09. The van der Waals surface area contributed by atoms with Crippen LogP contribution in [0, 0.1) is 19.8 Å². The first-order valence-corrected chi connectivity index (χ1v) is 9.07. The maximum atomic E-state index is 13.0. The Balaban J connectivity index is 1.75. The van der Waals surface area contributed by atoms with E-state index < -0.39 is 0 Å². The molecule has 1 aliphatic rings. The van der Waals surface area contributed by atoms with Crippen molar-refractivity contribution in [1.29, 1.82) is 0 Å². The van der Waals surface area contributed by atoms with Crippen molar-refractivity contribution in [3.05, 3.63) is 33.6 Å². The minimum absolute atomic E-state index is 0.0765. The number of thiazole rings is 1. The summed E-state index contributed by atoms with van der Waals surface area (Å²) in [4.78, 5) is 19.5. The van der Waals surface area contributed by atoms with Crippen LogP contribution in [0.4, 0.5) is 0 Å². The maximum absolute atomic E-state index is 13.0. The normalized spacial score (nSPS) is 19.8. The van der Waals surface area contributed by atoms with Gasteiger partial charge in [0.1, 0.15) is 10.8 Å². The zero-order valence-electron chi connectivity index (χ0n) is 13.9. The molecule has 1 amide bonds. The standard InChI is InChI=1S/C17H23N3O2S/c1-11(10-14-12(2)19-22-13(14)3)17(21)20-8-5-4-6-15(20)16-18-7-9-23-16/h7,9,11,15H,4-6,8,10H2,1-3H3/t11-,15+/m1/s1. The smallest absolute Gasteiger partial charge is 0.226 e. The van der Waals surface area contributed by atoms with Gasteiger partial charge in [0, 0.05) is 29.6 Å². The van der Waals surface area contributed by atoms with Gasteiger partial charge in [-0.15, -0.1) is 11.3 Å². The van der Waals surface area contributed by atoms with Crippen LogP contribution < -0.4 is 0 Å². The van der Waals surface area contributed by atoms with Crippen LogP contribution in [0.3, 0.4) is 0 Å². The summed E-state index contributed by atoms with van der Waals surface area (Å²) in [6.45, 7) is 6.67. The second-order valence-corrected chi connectivity index (χ2v) is 7.25. The number of carbonyl (C=O) groups is 1. The third-order valence-corrected chi connectivity index (χ3v) is 5.51. The molecule has 124 valence electrons. The average Bonchev–Trinajstić information content (AvgIpc) is 3.20. The fourth-order valence-corrected chi connectivity index (χ4v) is 4.11. The summed E-state index contributed by atoms with van der Waals surface area (Å²) < 4.78 is 5.22. The van der Waals surface area contributed by atoms with E-state index in [1.807, 2.05) is 37.2 Å². The van der Waals surface area contributed by atoms with E-state index in [1.54, 1.807) is 11.3 Å². The molecule has 3 rings (SSSR count). The van der Waals surface area contributed by atoms with Gasteiger partial charge >= 0.3 is 0 Å². The molecule has 0 unspecified atom stereocenters. The van der Waals surface area contributed by atoms with E-state index in [-0.39, 0.29) is 17.9 Å². The van der Waals surface area contributed by atoms with Crippen molar-refractivity contribution in [2.45, 2.75) is 52.5 Å². The Bertz CT molecular complexity index is 646. The molecule has 0 saturated carbocycles. The number of hydrogen-bond acceptors (Lipinski definition) is 5. The van der Waals surface area contributed by atoms with Gasteiger partial charge in [-0.3, -0.25) is 4.79 Å². The van der Waals surface area contributed by atoms with Crippen LogP contribution in [0.5, 0.6) is 0 Å². The topological polar surface area (TPSA) is 59.2 Å². The van der Waals surface area contributed by atoms with E-state index in [1.165, 1.54) is 0 Å². The zero-order valence-corrected chi connectivity index (χ0v) is 14.7. The summed E-state index contributed by atoms with van der Waals surface area (Å²) >= 11 is 1.64. The van der Waals surface area contributed by atoms with Crippen molar-refractivity contribution >= 4 is 17.2 Å². The van der Waals surface area contributed by atoms with E-state index in [2.05, 4.69) is 10.1 Å². The summed E-state index contributed by atoms with van der Waals surface area (Å²) in [6, 6.07) is 0.142. The summed E-state index contributed by atoms with van der Waals surface area (Å²) in [5, 5.41) is 7.03. The summed E-state index contributed by atoms with van der Waals surface area (Å²) in [5.74, 6) is 0.953. The van der Waals surface area contributed by atoms with Crippen molar-refractivity contribution in [1.82, 2.24) is 15.0 Å². The molecule has 23 heavy (non-hydrogen) atoms. The van der Waals surface area contributed by atoms with Gasteiger partial charge in [0.25, 0.3) is 0 Å². The van der Waals surface area contributed by atoms with Crippen molar-refractivity contribution in [2.24, 2.45) is 5.92 Å². The van der Waals surface area contributed by atoms with Gasteiger partial charge in [0.2, 0.25) is 5.91 Å². The maximum Gasteiger partial charge on any atom is 0.226 e. The number of aryl methyl sites for hydroxylation is 2. The fourth-order valence-electron chi connectivity index (χ4n) is 3.32. The van der Waals surface area contributed by atoms with Crippen molar-refractivity contribution in [3.8, 4) is 0 Å². The molecule has 3 heterocycles. The molecule has 0 aromatic carbocycles. The summed E-state index contributed by atoms with van der Waals surface area (Å²) in [6.07, 6.45) is 5.75. The highest BCUT2D eigenvalue weighted by Crippen LogP contribution is 2.33. The molecule has 0 spiro atoms. The number of aromatic nitrogens is 2. The molecule has 2 aromatic rings. The van der Waals surface area contributed by atoms with E-state index in [0.29, 0.717) is 6.42 Å². The SMILES string of the molecule is Cc1noc(C)c1C[C@@H](C)C(=O)N1CCCC[C@H]1c1nccs1. The van der Waals surface area contributed by atoms with Crippen LogP contribution in [0.25, 0.3) is 0 Å². The van der Waals surface area contributed by atoms with Crippen molar-refractivity contribution in [2.75, 3.05) is 6.54 Å². The largest absolute Gasteiger partial charge is 0.361 e. The lowest BCUT2D eigenvalue weighted by molar-refractivity contribution is -0.139. The number of nitrogens with zero attached hydrogens (tertiary/aromatic N) is 3. The monoisotopic (exact) mass is 333 g/mol. The molecule has 2 aromatic heterocycles. The third-order valence-electron chi connectivity index (χ3n) is 4.64. The molecule has 0 N–H and O–H groups in total. The van der Waals surface area contributed by atoms with Crippen molar-refractivity contribution < 1.29 is 9.32 Å². The quantitative estimate of drug-likeness (QED) is 0.856. The van der Waals surface area contributed by atoms with Crippen molar-refractivity contribution in [3.63, 3.8) is 0 Å². The lowest BCUT2D eigenvalue weighted by atomic mass is 9.95. The Hall–Kier alpha value is -1.69. The van der Waals surface area contributed by atoms with Crippen LogP contribution in [0.15, 0.2) is 16.1 Å². The molecule has 2 atom stereocenters. The lowest BCUT2D eigenvalue weighted by Gasteiger charge is -2.36. The van der Waals surface area contributed by atoms with Crippen LogP contribution in [-0.4, -0.2) is 27.5 Å². The number of amides is 1. The van der Waals surface area contributed by atoms with Gasteiger partial charge in [-0.1, -0.05) is 12.1 Å². The molecule has 0 radical (unpaired) electrons. The Morgan fingerprint density at radius 1 is 1.48 bits per heavy atom. The van der Waals surface area contributed by atoms with E-state index in [0.717, 1.165) is 47.8 Å². The molecule has 0 aliphatic carbocycles. The molecule has 6 heteroatoms. The van der Waals surface area contributed by atoms with E-state index >= 15 is 0 Å². The minimum Gasteiger partial charge on any atom is -0.361 e. The number of hydrogen-bond donors (Lipinski definition) is 0. The van der Waals surface area contributed by atoms with Crippen LogP contribution in [0.1, 0.15) is 54.3 Å². The highest BCUT2D eigenvalue weighted by Gasteiger charge is 2.32. The fraction of sp³-hybridized carbons (Fsp3) is 0.588. The molecular formula is C17H23N3O2S. The predicted molar refractivity (Wildman–Crippen MR) is 89.3 cm³/mol. The first-order chi connectivity index (χ1) is 11.1. The third kappa shape index (κ3) is 3.32. The Morgan fingerprint density at radius 2 is 2.30 bits per heavy atom. The minimum atomic E-state index is -0.0765. The Kier molecular flexibility index (Phi) is 4.80. The van der Waals surface area contributed by atoms with Gasteiger partial charge in [-0.2, -0.15) is 0 Å². The molecule has 5 nitrogen and oxygen atoms in total. The van der Waals surface area contributed by atoms with Gasteiger partial charge in [0.05, 0.1) is 11.7 Å². The van der Waals surface area contributed by atoms with E-state index in [4.69, 9.17) is 4.52 Å². The van der Waals surface area contributed by atoms with Crippen LogP contribution >= 0.6 is 11.3 Å². The van der Waals surface area contributed by atoms with Crippen LogP contribution in [-0.2, 0) is 11.2 Å². The summed E-state index contributed by atoms with van der Waals surface area (Å²) in [5.41, 5.74) is 1.95. The molecule has 1 fully saturated rings. The Morgan fingerprint density at radius 3 is 2.96 bits per heavy atom. The summed E-state index contributed by atoms with van der Waals surface area (Å²) in [7, 11) is 0. The first kappa shape index (κ1) is 16.2.